The van der Waals surface area contributed by atoms with Crippen LogP contribution in [0.15, 0.2) is 16.6 Å². The molecule has 5 heteroatoms. The highest BCUT2D eigenvalue weighted by Crippen LogP contribution is 2.29. The maximum atomic E-state index is 12.9. The number of carbonyl (C=O) groups excluding carboxylic acids is 1. The monoisotopic (exact) mass is 356 g/mol. The summed E-state index contributed by atoms with van der Waals surface area (Å²) in [4.78, 5) is 10.8. The number of hydrogen-bond acceptors (Lipinski definition) is 1. The van der Waals surface area contributed by atoms with Crippen molar-refractivity contribution in [2.75, 3.05) is 0 Å². The molecule has 0 N–H and O–H groups in total. The summed E-state index contributed by atoms with van der Waals surface area (Å²) in [6, 6.07) is 2.57. The molecule has 1 rings (SSSR count). The molecule has 0 bridgehead atoms. The van der Waals surface area contributed by atoms with E-state index in [9.17, 15) is 9.18 Å². The van der Waals surface area contributed by atoms with Gasteiger partial charge in [0.1, 0.15) is 11.6 Å². The van der Waals surface area contributed by atoms with Gasteiger partial charge in [0.05, 0.1) is 4.83 Å². The largest absolute Gasteiger partial charge is 0.299 e. The number of carbonyl (C=O) groups is 1. The highest BCUT2D eigenvalue weighted by atomic mass is 79.9. The lowest BCUT2D eigenvalue weighted by molar-refractivity contribution is -0.116. The minimum Gasteiger partial charge on any atom is -0.299 e. The molecule has 0 aliphatic rings. The van der Waals surface area contributed by atoms with Crippen molar-refractivity contribution in [3.8, 4) is 0 Å². The Bertz CT molecular complexity index is 372. The Kier molecular flexibility index (Phi) is 4.74. The van der Waals surface area contributed by atoms with Gasteiger partial charge >= 0.3 is 0 Å². The van der Waals surface area contributed by atoms with Crippen molar-refractivity contribution in [3.05, 3.63) is 33.0 Å². The van der Waals surface area contributed by atoms with Crippen LogP contribution in [0.1, 0.15) is 12.5 Å². The van der Waals surface area contributed by atoms with Gasteiger partial charge in [-0.05, 0) is 31.0 Å². The molecule has 1 atom stereocenters. The molecule has 1 nitrogen and oxygen atoms in total. The Morgan fingerprint density at radius 2 is 2.20 bits per heavy atom. The van der Waals surface area contributed by atoms with Gasteiger partial charge in [-0.1, -0.05) is 43.5 Å². The molecule has 0 spiro atoms. The van der Waals surface area contributed by atoms with E-state index in [1.807, 2.05) is 0 Å². The summed E-state index contributed by atoms with van der Waals surface area (Å²) < 4.78 is 13.5. The summed E-state index contributed by atoms with van der Waals surface area (Å²) in [5.74, 6) is -0.383. The van der Waals surface area contributed by atoms with Crippen LogP contribution >= 0.6 is 43.5 Å². The van der Waals surface area contributed by atoms with Gasteiger partial charge in [-0.15, -0.1) is 0 Å². The Morgan fingerprint density at radius 3 is 2.67 bits per heavy atom. The maximum absolute atomic E-state index is 12.9. The summed E-state index contributed by atoms with van der Waals surface area (Å²) in [5, 5.41) is 0.326. The molecule has 0 saturated heterocycles. The fraction of sp³-hybridized carbons (Fsp3) is 0.300. The Morgan fingerprint density at radius 1 is 1.60 bits per heavy atom. The molecule has 0 heterocycles. The van der Waals surface area contributed by atoms with E-state index in [4.69, 9.17) is 11.6 Å². The second kappa shape index (κ2) is 5.41. The number of alkyl halides is 1. The Hall–Kier alpha value is 0.0700. The molecule has 0 fully saturated rings. The third-order valence-corrected chi connectivity index (χ3v) is 3.94. The van der Waals surface area contributed by atoms with E-state index in [1.165, 1.54) is 19.1 Å². The van der Waals surface area contributed by atoms with Crippen molar-refractivity contribution >= 4 is 49.2 Å². The fourth-order valence-corrected chi connectivity index (χ4v) is 2.41. The van der Waals surface area contributed by atoms with Gasteiger partial charge in [-0.25, -0.2) is 4.39 Å². The van der Waals surface area contributed by atoms with E-state index >= 15 is 0 Å². The second-order valence-corrected chi connectivity index (χ2v) is 5.50. The second-order valence-electron chi connectivity index (χ2n) is 3.13. The number of hydrogen-bond donors (Lipinski definition) is 0. The average molecular weight is 358 g/mol. The number of halogens is 4. The molecular weight excluding hydrogens is 350 g/mol. The molecule has 1 aromatic rings. The lowest BCUT2D eigenvalue weighted by Gasteiger charge is -2.10. The van der Waals surface area contributed by atoms with Crippen molar-refractivity contribution in [3.63, 3.8) is 0 Å². The molecule has 0 radical (unpaired) electrons. The molecule has 0 saturated carbocycles. The molecule has 0 aliphatic heterocycles. The van der Waals surface area contributed by atoms with E-state index in [2.05, 4.69) is 31.9 Å². The normalized spacial score (nSPS) is 12.6. The van der Waals surface area contributed by atoms with Crippen LogP contribution in [0.4, 0.5) is 4.39 Å². The average Bonchev–Trinajstić information content (AvgIpc) is 2.10. The van der Waals surface area contributed by atoms with Gasteiger partial charge in [0.15, 0.2) is 0 Å². The van der Waals surface area contributed by atoms with Crippen LogP contribution in [-0.4, -0.2) is 10.6 Å². The van der Waals surface area contributed by atoms with Crippen LogP contribution < -0.4 is 0 Å². The molecule has 0 amide bonds. The third kappa shape index (κ3) is 3.54. The third-order valence-electron chi connectivity index (χ3n) is 1.93. The van der Waals surface area contributed by atoms with Crippen molar-refractivity contribution in [1.82, 2.24) is 0 Å². The molecule has 82 valence electrons. The highest BCUT2D eigenvalue weighted by Gasteiger charge is 2.15. The zero-order chi connectivity index (χ0) is 11.6. The zero-order valence-corrected chi connectivity index (χ0v) is 11.8. The summed E-state index contributed by atoms with van der Waals surface area (Å²) in [6.07, 6.45) is 0.440. The Balaban J connectivity index is 3.00. The van der Waals surface area contributed by atoms with Crippen molar-refractivity contribution < 1.29 is 9.18 Å². The minimum absolute atomic E-state index is 0.0160. The van der Waals surface area contributed by atoms with Gasteiger partial charge < -0.3 is 0 Å². The first-order chi connectivity index (χ1) is 6.91. The van der Waals surface area contributed by atoms with Gasteiger partial charge in [0.2, 0.25) is 0 Å². The van der Waals surface area contributed by atoms with Crippen LogP contribution in [0.5, 0.6) is 0 Å². The minimum atomic E-state index is -0.399. The SMILES string of the molecule is CC(=O)C(Br)Cc1c(Cl)cc(F)cc1Br. The first kappa shape index (κ1) is 13.1. The number of Topliss-reactive ketones (excluding diaryl/α,β-unsaturated/α-hetero) is 1. The van der Waals surface area contributed by atoms with Crippen LogP contribution in [0.3, 0.4) is 0 Å². The van der Waals surface area contributed by atoms with Gasteiger partial charge in [0, 0.05) is 9.50 Å². The lowest BCUT2D eigenvalue weighted by atomic mass is 10.1. The zero-order valence-electron chi connectivity index (χ0n) is 7.86. The van der Waals surface area contributed by atoms with E-state index < -0.39 is 5.82 Å². The van der Waals surface area contributed by atoms with E-state index in [1.54, 1.807) is 0 Å². The molecular formula is C10H8Br2ClFO. The summed E-state index contributed by atoms with van der Waals surface area (Å²) in [6.45, 7) is 1.49. The maximum Gasteiger partial charge on any atom is 0.143 e. The lowest BCUT2D eigenvalue weighted by Crippen LogP contribution is -2.13. The van der Waals surface area contributed by atoms with Crippen molar-refractivity contribution in [2.24, 2.45) is 0 Å². The Labute approximate surface area is 109 Å². The van der Waals surface area contributed by atoms with Gasteiger partial charge in [0.25, 0.3) is 0 Å². The smallest absolute Gasteiger partial charge is 0.143 e. The standard InChI is InChI=1S/C10H8Br2ClFO/c1-5(15)8(11)4-7-9(12)2-6(14)3-10(7)13/h2-3,8H,4H2,1H3. The summed E-state index contributed by atoms with van der Waals surface area (Å²) in [5.41, 5.74) is 0.732. The van der Waals surface area contributed by atoms with Gasteiger partial charge in [-0.3, -0.25) is 4.79 Å². The predicted octanol–water partition coefficient (Wildman–Crippen LogP) is 4.14. The number of ketones is 1. The number of rotatable bonds is 3. The van der Waals surface area contributed by atoms with E-state index in [0.717, 1.165) is 5.56 Å². The highest BCUT2D eigenvalue weighted by molar-refractivity contribution is 9.10. The van der Waals surface area contributed by atoms with E-state index in [-0.39, 0.29) is 10.6 Å². The van der Waals surface area contributed by atoms with Gasteiger partial charge in [-0.2, -0.15) is 0 Å². The fourth-order valence-electron chi connectivity index (χ4n) is 1.09. The molecule has 0 aliphatic carbocycles. The summed E-state index contributed by atoms with van der Waals surface area (Å²) in [7, 11) is 0. The first-order valence-electron chi connectivity index (χ1n) is 4.19. The molecule has 1 unspecified atom stereocenters. The predicted molar refractivity (Wildman–Crippen MR) is 66.2 cm³/mol. The number of benzene rings is 1. The quantitative estimate of drug-likeness (QED) is 0.743. The summed E-state index contributed by atoms with van der Waals surface area (Å²) >= 11 is 12.3. The van der Waals surface area contributed by atoms with Crippen LogP contribution in [0.25, 0.3) is 0 Å². The van der Waals surface area contributed by atoms with Crippen LogP contribution in [-0.2, 0) is 11.2 Å². The molecule has 15 heavy (non-hydrogen) atoms. The van der Waals surface area contributed by atoms with Crippen LogP contribution in [0.2, 0.25) is 5.02 Å². The molecule has 1 aromatic carbocycles. The topological polar surface area (TPSA) is 17.1 Å². The molecule has 0 aromatic heterocycles. The van der Waals surface area contributed by atoms with E-state index in [0.29, 0.717) is 15.9 Å². The van der Waals surface area contributed by atoms with Crippen LogP contribution in [0, 0.1) is 5.82 Å². The van der Waals surface area contributed by atoms with Crippen molar-refractivity contribution in [1.29, 1.82) is 0 Å². The van der Waals surface area contributed by atoms with Crippen molar-refractivity contribution in [2.45, 2.75) is 18.2 Å². The first-order valence-corrected chi connectivity index (χ1v) is 6.28.